The Morgan fingerprint density at radius 2 is 2.12 bits per heavy atom. The molecule has 0 spiro atoms. The van der Waals surface area contributed by atoms with Gasteiger partial charge < -0.3 is 10.6 Å². The van der Waals surface area contributed by atoms with E-state index in [2.05, 4.69) is 37.6 Å². The summed E-state index contributed by atoms with van der Waals surface area (Å²) < 4.78 is 0. The Balaban J connectivity index is 2.27. The van der Waals surface area contributed by atoms with Crippen molar-refractivity contribution in [2.24, 2.45) is 11.1 Å². The fourth-order valence-electron chi connectivity index (χ4n) is 2.56. The normalized spacial score (nSPS) is 22.6. The van der Waals surface area contributed by atoms with E-state index in [1.165, 1.54) is 38.9 Å². The van der Waals surface area contributed by atoms with Gasteiger partial charge in [-0.1, -0.05) is 20.8 Å². The zero-order valence-electron chi connectivity index (χ0n) is 12.2. The molecule has 1 aliphatic rings. The summed E-state index contributed by atoms with van der Waals surface area (Å²) in [7, 11) is 2.25. The summed E-state index contributed by atoms with van der Waals surface area (Å²) in [6.45, 7) is 12.5. The predicted octanol–water partition coefficient (Wildman–Crippen LogP) is 1.78. The van der Waals surface area contributed by atoms with Crippen molar-refractivity contribution in [1.29, 1.82) is 0 Å². The van der Waals surface area contributed by atoms with Gasteiger partial charge in [0.25, 0.3) is 0 Å². The fraction of sp³-hybridized carbons (Fsp3) is 1.00. The first-order valence-corrected chi connectivity index (χ1v) is 7.11. The zero-order chi connectivity index (χ0) is 12.9. The molecule has 1 unspecified atom stereocenters. The van der Waals surface area contributed by atoms with Crippen molar-refractivity contribution in [3.63, 3.8) is 0 Å². The minimum Gasteiger partial charge on any atom is -0.330 e. The van der Waals surface area contributed by atoms with Gasteiger partial charge in [0.05, 0.1) is 0 Å². The Bertz CT molecular complexity index is 216. The van der Waals surface area contributed by atoms with Gasteiger partial charge in [0.2, 0.25) is 0 Å². The first kappa shape index (κ1) is 14.9. The van der Waals surface area contributed by atoms with Crippen LogP contribution in [0.15, 0.2) is 0 Å². The van der Waals surface area contributed by atoms with Crippen molar-refractivity contribution in [3.8, 4) is 0 Å². The van der Waals surface area contributed by atoms with E-state index >= 15 is 0 Å². The number of hydrogen-bond acceptors (Lipinski definition) is 3. The second kappa shape index (κ2) is 6.72. The second-order valence-corrected chi connectivity index (χ2v) is 6.31. The maximum Gasteiger partial charge on any atom is 0.0223 e. The molecule has 1 atom stereocenters. The Morgan fingerprint density at radius 1 is 1.41 bits per heavy atom. The van der Waals surface area contributed by atoms with Crippen LogP contribution >= 0.6 is 0 Å². The Hall–Kier alpha value is -0.120. The van der Waals surface area contributed by atoms with Crippen LogP contribution in [0, 0.1) is 5.41 Å². The van der Waals surface area contributed by atoms with Crippen molar-refractivity contribution in [3.05, 3.63) is 0 Å². The molecule has 3 heteroatoms. The van der Waals surface area contributed by atoms with Crippen LogP contribution in [0.2, 0.25) is 0 Å². The van der Waals surface area contributed by atoms with Crippen LogP contribution in [-0.2, 0) is 0 Å². The van der Waals surface area contributed by atoms with Crippen molar-refractivity contribution in [2.75, 3.05) is 39.8 Å². The van der Waals surface area contributed by atoms with Gasteiger partial charge in [-0.3, -0.25) is 4.90 Å². The van der Waals surface area contributed by atoms with E-state index in [0.717, 1.165) is 19.1 Å². The molecule has 0 aromatic heterocycles. The minimum absolute atomic E-state index is 0.286. The molecule has 0 saturated carbocycles. The number of likely N-dealkylation sites (tertiary alicyclic amines) is 1. The average Bonchev–Trinajstić information content (AvgIpc) is 2.74. The van der Waals surface area contributed by atoms with Crippen molar-refractivity contribution < 1.29 is 0 Å². The summed E-state index contributed by atoms with van der Waals surface area (Å²) in [5, 5.41) is 0. The summed E-state index contributed by atoms with van der Waals surface area (Å²) in [5.74, 6) is 0. The molecule has 1 aliphatic heterocycles. The van der Waals surface area contributed by atoms with Crippen molar-refractivity contribution >= 4 is 0 Å². The van der Waals surface area contributed by atoms with E-state index in [1.54, 1.807) is 0 Å². The molecule has 2 N–H and O–H groups in total. The van der Waals surface area contributed by atoms with Crippen LogP contribution in [0.4, 0.5) is 0 Å². The first-order valence-electron chi connectivity index (χ1n) is 7.11. The number of rotatable bonds is 7. The maximum atomic E-state index is 5.77. The molecule has 0 bridgehead atoms. The molecule has 0 aromatic carbocycles. The first-order chi connectivity index (χ1) is 7.98. The lowest BCUT2D eigenvalue weighted by atomic mass is 9.89. The monoisotopic (exact) mass is 241 g/mol. The average molecular weight is 241 g/mol. The molecule has 17 heavy (non-hydrogen) atoms. The third kappa shape index (κ3) is 4.94. The highest BCUT2D eigenvalue weighted by molar-refractivity contribution is 4.81. The molecule has 3 nitrogen and oxygen atoms in total. The Labute approximate surface area is 107 Å². The van der Waals surface area contributed by atoms with Crippen molar-refractivity contribution in [2.45, 2.75) is 46.1 Å². The van der Waals surface area contributed by atoms with E-state index in [-0.39, 0.29) is 5.41 Å². The molecule has 0 aliphatic carbocycles. The van der Waals surface area contributed by atoms with E-state index in [9.17, 15) is 0 Å². The van der Waals surface area contributed by atoms with Gasteiger partial charge in [-0.15, -0.1) is 0 Å². The molecular formula is C14H31N3. The molecule has 0 radical (unpaired) electrons. The molecular weight excluding hydrogens is 210 g/mol. The summed E-state index contributed by atoms with van der Waals surface area (Å²) >= 11 is 0. The highest BCUT2D eigenvalue weighted by atomic mass is 15.2. The molecule has 102 valence electrons. The van der Waals surface area contributed by atoms with Crippen LogP contribution in [0.25, 0.3) is 0 Å². The largest absolute Gasteiger partial charge is 0.330 e. The number of likely N-dealkylation sites (N-methyl/N-ethyl adjacent to an activating group) is 2. The molecule has 1 fully saturated rings. The standard InChI is InChI=1S/C14H31N3/c1-5-17-9-6-7-13(17)11-16(4)10-8-14(2,3)12-15/h13H,5-12,15H2,1-4H3. The molecule has 1 heterocycles. The third-order valence-corrected chi connectivity index (χ3v) is 4.15. The molecule has 0 aromatic rings. The van der Waals surface area contributed by atoms with Crippen molar-refractivity contribution in [1.82, 2.24) is 9.80 Å². The van der Waals surface area contributed by atoms with Gasteiger partial charge >= 0.3 is 0 Å². The fourth-order valence-corrected chi connectivity index (χ4v) is 2.56. The maximum absolute atomic E-state index is 5.77. The Morgan fingerprint density at radius 3 is 2.71 bits per heavy atom. The zero-order valence-corrected chi connectivity index (χ0v) is 12.2. The highest BCUT2D eigenvalue weighted by Crippen LogP contribution is 2.20. The number of nitrogens with zero attached hydrogens (tertiary/aromatic N) is 2. The van der Waals surface area contributed by atoms with Crippen LogP contribution in [-0.4, -0.2) is 55.6 Å². The van der Waals surface area contributed by atoms with Crippen LogP contribution < -0.4 is 5.73 Å². The molecule has 0 amide bonds. The quantitative estimate of drug-likeness (QED) is 0.737. The van der Waals surface area contributed by atoms with Crippen LogP contribution in [0.1, 0.15) is 40.0 Å². The lowest BCUT2D eigenvalue weighted by Gasteiger charge is -2.30. The smallest absolute Gasteiger partial charge is 0.0223 e. The van der Waals surface area contributed by atoms with Crippen LogP contribution in [0.5, 0.6) is 0 Å². The van der Waals surface area contributed by atoms with E-state index in [1.807, 2.05) is 0 Å². The summed E-state index contributed by atoms with van der Waals surface area (Å²) in [6.07, 6.45) is 3.94. The van der Waals surface area contributed by atoms with Crippen LogP contribution in [0.3, 0.4) is 0 Å². The van der Waals surface area contributed by atoms with E-state index < -0.39 is 0 Å². The predicted molar refractivity (Wildman–Crippen MR) is 75.2 cm³/mol. The second-order valence-electron chi connectivity index (χ2n) is 6.31. The number of nitrogens with two attached hydrogens (primary N) is 1. The van der Waals surface area contributed by atoms with Gasteiger partial charge in [-0.05, 0) is 57.9 Å². The molecule has 1 saturated heterocycles. The lowest BCUT2D eigenvalue weighted by molar-refractivity contribution is 0.182. The van der Waals surface area contributed by atoms with Gasteiger partial charge in [0.1, 0.15) is 0 Å². The Kier molecular flexibility index (Phi) is 5.90. The highest BCUT2D eigenvalue weighted by Gasteiger charge is 2.24. The van der Waals surface area contributed by atoms with Gasteiger partial charge in [0, 0.05) is 12.6 Å². The minimum atomic E-state index is 0.286. The summed E-state index contributed by atoms with van der Waals surface area (Å²) in [5.41, 5.74) is 6.06. The topological polar surface area (TPSA) is 32.5 Å². The SMILES string of the molecule is CCN1CCCC1CN(C)CCC(C)(C)CN. The van der Waals surface area contributed by atoms with Gasteiger partial charge in [-0.2, -0.15) is 0 Å². The lowest BCUT2D eigenvalue weighted by Crippen LogP contribution is -2.40. The number of hydrogen-bond donors (Lipinski definition) is 1. The molecule has 1 rings (SSSR count). The van der Waals surface area contributed by atoms with E-state index in [4.69, 9.17) is 5.73 Å². The summed E-state index contributed by atoms with van der Waals surface area (Å²) in [6, 6.07) is 0.783. The van der Waals surface area contributed by atoms with E-state index in [0.29, 0.717) is 0 Å². The summed E-state index contributed by atoms with van der Waals surface area (Å²) in [4.78, 5) is 5.10. The van der Waals surface area contributed by atoms with Gasteiger partial charge in [0.15, 0.2) is 0 Å². The third-order valence-electron chi connectivity index (χ3n) is 4.15. The van der Waals surface area contributed by atoms with Gasteiger partial charge in [-0.25, -0.2) is 0 Å².